The summed E-state index contributed by atoms with van der Waals surface area (Å²) >= 11 is 0. The molecule has 3 heteroatoms. The zero-order valence-corrected chi connectivity index (χ0v) is 12.1. The molecule has 1 aliphatic carbocycles. The van der Waals surface area contributed by atoms with Crippen molar-refractivity contribution < 1.29 is 0 Å². The van der Waals surface area contributed by atoms with Gasteiger partial charge in [-0.15, -0.1) is 0 Å². The number of nitrogen functional groups attached to an aromatic ring is 1. The lowest BCUT2D eigenvalue weighted by Crippen LogP contribution is -2.41. The molecule has 1 fully saturated rings. The molecular weight excluding hydrogens is 234 g/mol. The molecule has 3 nitrogen and oxygen atoms in total. The molecule has 104 valence electrons. The Labute approximate surface area is 116 Å². The fourth-order valence-electron chi connectivity index (χ4n) is 3.71. The largest absolute Gasteiger partial charge is 0.399 e. The van der Waals surface area contributed by atoms with Gasteiger partial charge in [-0.2, -0.15) is 0 Å². The molecule has 0 aromatic heterocycles. The summed E-state index contributed by atoms with van der Waals surface area (Å²) in [5.74, 6) is 0. The monoisotopic (exact) mass is 259 g/mol. The summed E-state index contributed by atoms with van der Waals surface area (Å²) in [5, 5.41) is 0. The average Bonchev–Trinajstić information content (AvgIpc) is 2.81. The Morgan fingerprint density at radius 1 is 1.16 bits per heavy atom. The maximum Gasteiger partial charge on any atom is 0.0403 e. The summed E-state index contributed by atoms with van der Waals surface area (Å²) < 4.78 is 0. The van der Waals surface area contributed by atoms with E-state index in [1.807, 2.05) is 6.07 Å². The maximum atomic E-state index is 5.88. The van der Waals surface area contributed by atoms with E-state index in [0.29, 0.717) is 0 Å². The van der Waals surface area contributed by atoms with E-state index >= 15 is 0 Å². The van der Waals surface area contributed by atoms with Crippen LogP contribution in [0.25, 0.3) is 0 Å². The Morgan fingerprint density at radius 3 is 2.58 bits per heavy atom. The van der Waals surface area contributed by atoms with Crippen molar-refractivity contribution in [2.75, 3.05) is 31.3 Å². The third-order valence-corrected chi connectivity index (χ3v) is 4.87. The minimum atomic E-state index is 0.737. The summed E-state index contributed by atoms with van der Waals surface area (Å²) in [5.41, 5.74) is 9.65. The molecule has 0 bridgehead atoms. The van der Waals surface area contributed by atoms with Gasteiger partial charge in [0.1, 0.15) is 0 Å². The number of nitrogens with zero attached hydrogens (tertiary/aromatic N) is 2. The highest BCUT2D eigenvalue weighted by Gasteiger charge is 2.30. The van der Waals surface area contributed by atoms with E-state index in [1.54, 1.807) is 0 Å². The lowest BCUT2D eigenvalue weighted by Gasteiger charge is -2.38. The molecule has 0 unspecified atom stereocenters. The second-order valence-corrected chi connectivity index (χ2v) is 6.26. The van der Waals surface area contributed by atoms with Gasteiger partial charge < -0.3 is 15.5 Å². The number of nitrogens with two attached hydrogens (primary N) is 1. The standard InChI is InChI=1S/C16H25N3/c1-18(2)14-4-6-15(7-5-14)19-10-9-12-11-13(17)3-8-16(12)19/h3,8,11,14-15H,4-7,9-10,17H2,1-2H3. The highest BCUT2D eigenvalue weighted by molar-refractivity contribution is 5.63. The smallest absolute Gasteiger partial charge is 0.0403 e. The summed E-state index contributed by atoms with van der Waals surface area (Å²) in [6, 6.07) is 7.94. The van der Waals surface area contributed by atoms with Gasteiger partial charge in [0.15, 0.2) is 0 Å². The van der Waals surface area contributed by atoms with Crippen LogP contribution in [0, 0.1) is 0 Å². The number of hydrogen-bond donors (Lipinski definition) is 1. The molecule has 2 aliphatic rings. The first-order chi connectivity index (χ1) is 9.15. The maximum absolute atomic E-state index is 5.88. The second kappa shape index (κ2) is 5.04. The number of anilines is 2. The van der Waals surface area contributed by atoms with E-state index in [1.165, 1.54) is 43.5 Å². The molecule has 0 saturated heterocycles. The van der Waals surface area contributed by atoms with Crippen LogP contribution in [0.4, 0.5) is 11.4 Å². The van der Waals surface area contributed by atoms with Gasteiger partial charge in [-0.05, 0) is 70.0 Å². The van der Waals surface area contributed by atoms with Crippen LogP contribution in [0.2, 0.25) is 0 Å². The molecule has 1 saturated carbocycles. The van der Waals surface area contributed by atoms with Crippen LogP contribution in [0.15, 0.2) is 18.2 Å². The molecule has 0 radical (unpaired) electrons. The van der Waals surface area contributed by atoms with E-state index in [-0.39, 0.29) is 0 Å². The van der Waals surface area contributed by atoms with Crippen molar-refractivity contribution in [2.45, 2.75) is 44.2 Å². The molecule has 1 aromatic rings. The zero-order valence-electron chi connectivity index (χ0n) is 12.1. The predicted molar refractivity (Wildman–Crippen MR) is 81.6 cm³/mol. The number of fused-ring (bicyclic) bond motifs is 1. The average molecular weight is 259 g/mol. The fraction of sp³-hybridized carbons (Fsp3) is 0.625. The number of benzene rings is 1. The van der Waals surface area contributed by atoms with Gasteiger partial charge in [0.2, 0.25) is 0 Å². The fourth-order valence-corrected chi connectivity index (χ4v) is 3.71. The van der Waals surface area contributed by atoms with Gasteiger partial charge in [-0.3, -0.25) is 0 Å². The molecular formula is C16H25N3. The first-order valence-corrected chi connectivity index (χ1v) is 7.46. The first kappa shape index (κ1) is 12.8. The Balaban J connectivity index is 1.70. The van der Waals surface area contributed by atoms with E-state index in [9.17, 15) is 0 Å². The van der Waals surface area contributed by atoms with Crippen molar-refractivity contribution in [3.8, 4) is 0 Å². The molecule has 1 aromatic carbocycles. The molecule has 19 heavy (non-hydrogen) atoms. The quantitative estimate of drug-likeness (QED) is 0.828. The summed E-state index contributed by atoms with van der Waals surface area (Å²) in [6.07, 6.45) is 6.48. The minimum absolute atomic E-state index is 0.737. The van der Waals surface area contributed by atoms with Crippen LogP contribution in [-0.2, 0) is 6.42 Å². The second-order valence-electron chi connectivity index (χ2n) is 6.26. The predicted octanol–water partition coefficient (Wildman–Crippen LogP) is 2.50. The van der Waals surface area contributed by atoms with Crippen LogP contribution in [0.1, 0.15) is 31.2 Å². The lowest BCUT2D eigenvalue weighted by molar-refractivity contribution is 0.214. The van der Waals surface area contributed by atoms with Crippen LogP contribution < -0.4 is 10.6 Å². The first-order valence-electron chi connectivity index (χ1n) is 7.46. The van der Waals surface area contributed by atoms with Crippen molar-refractivity contribution in [3.63, 3.8) is 0 Å². The number of rotatable bonds is 2. The Kier molecular flexibility index (Phi) is 3.40. The SMILES string of the molecule is CN(C)C1CCC(N2CCc3cc(N)ccc32)CC1. The lowest BCUT2D eigenvalue weighted by atomic mass is 9.89. The van der Waals surface area contributed by atoms with Crippen LogP contribution in [0.3, 0.4) is 0 Å². The van der Waals surface area contributed by atoms with Gasteiger partial charge in [0.25, 0.3) is 0 Å². The molecule has 0 atom stereocenters. The third-order valence-electron chi connectivity index (χ3n) is 4.87. The van der Waals surface area contributed by atoms with Gasteiger partial charge in [0.05, 0.1) is 0 Å². The van der Waals surface area contributed by atoms with Crippen molar-refractivity contribution in [1.82, 2.24) is 4.90 Å². The van der Waals surface area contributed by atoms with Crippen LogP contribution in [0.5, 0.6) is 0 Å². The molecule has 1 aliphatic heterocycles. The van der Waals surface area contributed by atoms with Crippen LogP contribution in [-0.4, -0.2) is 37.6 Å². The Morgan fingerprint density at radius 2 is 1.89 bits per heavy atom. The molecule has 1 heterocycles. The minimum Gasteiger partial charge on any atom is -0.399 e. The molecule has 0 spiro atoms. The van der Waals surface area contributed by atoms with E-state index in [2.05, 4.69) is 36.0 Å². The van der Waals surface area contributed by atoms with Gasteiger partial charge in [-0.1, -0.05) is 0 Å². The van der Waals surface area contributed by atoms with Crippen LogP contribution >= 0.6 is 0 Å². The van der Waals surface area contributed by atoms with Gasteiger partial charge in [0, 0.05) is 30.0 Å². The van der Waals surface area contributed by atoms with Crippen molar-refractivity contribution in [2.24, 2.45) is 0 Å². The molecule has 3 rings (SSSR count). The topological polar surface area (TPSA) is 32.5 Å². The van der Waals surface area contributed by atoms with Crippen molar-refractivity contribution >= 4 is 11.4 Å². The van der Waals surface area contributed by atoms with E-state index in [4.69, 9.17) is 5.73 Å². The van der Waals surface area contributed by atoms with E-state index < -0.39 is 0 Å². The highest BCUT2D eigenvalue weighted by Crippen LogP contribution is 2.35. The molecule has 0 amide bonds. The zero-order chi connectivity index (χ0) is 13.4. The highest BCUT2D eigenvalue weighted by atomic mass is 15.2. The summed E-state index contributed by atoms with van der Waals surface area (Å²) in [7, 11) is 4.41. The molecule has 2 N–H and O–H groups in total. The Hall–Kier alpha value is -1.22. The normalized spacial score (nSPS) is 26.8. The van der Waals surface area contributed by atoms with Crippen molar-refractivity contribution in [1.29, 1.82) is 0 Å². The van der Waals surface area contributed by atoms with Gasteiger partial charge >= 0.3 is 0 Å². The summed E-state index contributed by atoms with van der Waals surface area (Å²) in [6.45, 7) is 1.18. The number of hydrogen-bond acceptors (Lipinski definition) is 3. The third kappa shape index (κ3) is 2.44. The summed E-state index contributed by atoms with van der Waals surface area (Å²) in [4.78, 5) is 5.01. The Bertz CT molecular complexity index is 447. The van der Waals surface area contributed by atoms with Crippen molar-refractivity contribution in [3.05, 3.63) is 23.8 Å². The van der Waals surface area contributed by atoms with Gasteiger partial charge in [-0.25, -0.2) is 0 Å². The van der Waals surface area contributed by atoms with E-state index in [0.717, 1.165) is 24.2 Å².